The van der Waals surface area contributed by atoms with Gasteiger partial charge in [-0.3, -0.25) is 4.98 Å². The molecule has 0 amide bonds. The van der Waals surface area contributed by atoms with Crippen LogP contribution in [0.1, 0.15) is 36.8 Å². The number of pyridine rings is 1. The Morgan fingerprint density at radius 1 is 0.950 bits per heavy atom. The first-order valence-corrected chi connectivity index (χ1v) is 7.01. The predicted octanol–water partition coefficient (Wildman–Crippen LogP) is 4.27. The van der Waals surface area contributed by atoms with Crippen molar-refractivity contribution in [2.24, 2.45) is 0 Å². The zero-order valence-corrected chi connectivity index (χ0v) is 11.5. The molecule has 0 radical (unpaired) electrons. The third-order valence-electron chi connectivity index (χ3n) is 3.18. The maximum absolute atomic E-state index is 10.3. The highest BCUT2D eigenvalue weighted by atomic mass is 16.1. The quantitative estimate of drug-likeness (QED) is 0.552. The van der Waals surface area contributed by atoms with Crippen LogP contribution >= 0.6 is 0 Å². The molecule has 2 heteroatoms. The molecule has 1 aromatic carbocycles. The van der Waals surface area contributed by atoms with Gasteiger partial charge in [0.15, 0.2) is 0 Å². The number of unbranched alkanes of at least 4 members (excludes halogenated alkanes) is 3. The Morgan fingerprint density at radius 3 is 2.40 bits per heavy atom. The Balaban J connectivity index is 2.17. The molecule has 1 aromatic heterocycles. The first-order chi connectivity index (χ1) is 9.92. The second kappa shape index (κ2) is 8.05. The summed E-state index contributed by atoms with van der Waals surface area (Å²) in [7, 11) is 0. The number of rotatable bonds is 7. The molecule has 0 N–H and O–H groups in total. The first-order valence-electron chi connectivity index (χ1n) is 7.01. The fraction of sp³-hybridized carbons (Fsp3) is 0.222. The maximum atomic E-state index is 10.3. The van der Waals surface area contributed by atoms with Gasteiger partial charge in [0.1, 0.15) is 6.29 Å². The van der Waals surface area contributed by atoms with E-state index in [9.17, 15) is 4.79 Å². The van der Waals surface area contributed by atoms with E-state index in [-0.39, 0.29) is 0 Å². The van der Waals surface area contributed by atoms with Crippen molar-refractivity contribution in [3.63, 3.8) is 0 Å². The normalized spacial score (nSPS) is 11.3. The van der Waals surface area contributed by atoms with Crippen LogP contribution in [0.5, 0.6) is 0 Å². The van der Waals surface area contributed by atoms with Crippen LogP contribution in [-0.2, 0) is 4.79 Å². The molecule has 1 heterocycles. The van der Waals surface area contributed by atoms with Gasteiger partial charge in [-0.25, -0.2) is 0 Å². The number of benzene rings is 1. The summed E-state index contributed by atoms with van der Waals surface area (Å²) in [5, 5.41) is 0. The molecule has 2 rings (SSSR count). The van der Waals surface area contributed by atoms with E-state index in [0.717, 1.165) is 31.1 Å². The first kappa shape index (κ1) is 14.2. The topological polar surface area (TPSA) is 30.0 Å². The third kappa shape index (κ3) is 4.16. The van der Waals surface area contributed by atoms with Crippen LogP contribution in [-0.4, -0.2) is 11.3 Å². The Hall–Kier alpha value is -2.22. The smallest absolute Gasteiger partial charge is 0.119 e. The van der Waals surface area contributed by atoms with E-state index in [4.69, 9.17) is 0 Å². The van der Waals surface area contributed by atoms with Crippen LogP contribution < -0.4 is 0 Å². The lowest BCUT2D eigenvalue weighted by molar-refractivity contribution is -0.107. The fourth-order valence-corrected chi connectivity index (χ4v) is 2.16. The minimum Gasteiger partial charge on any atom is -0.303 e. The Kier molecular flexibility index (Phi) is 5.71. The summed E-state index contributed by atoms with van der Waals surface area (Å²) in [6, 6.07) is 14.4. The predicted molar refractivity (Wildman–Crippen MR) is 82.3 cm³/mol. The summed E-state index contributed by atoms with van der Waals surface area (Å²) in [4.78, 5) is 14.5. The SMILES string of the molecule is O=CCCCC/C=C(\c1ccccc1)c1cccnc1. The van der Waals surface area contributed by atoms with Crippen molar-refractivity contribution >= 4 is 11.9 Å². The number of hydrogen-bond donors (Lipinski definition) is 0. The molecule has 102 valence electrons. The molecule has 0 aliphatic heterocycles. The van der Waals surface area contributed by atoms with Crippen LogP contribution in [0.3, 0.4) is 0 Å². The average Bonchev–Trinajstić information content (AvgIpc) is 2.53. The Morgan fingerprint density at radius 2 is 1.70 bits per heavy atom. The van der Waals surface area contributed by atoms with Gasteiger partial charge >= 0.3 is 0 Å². The summed E-state index contributed by atoms with van der Waals surface area (Å²) in [6.07, 6.45) is 10.5. The lowest BCUT2D eigenvalue weighted by Gasteiger charge is -2.08. The summed E-state index contributed by atoms with van der Waals surface area (Å²) >= 11 is 0. The van der Waals surface area contributed by atoms with Crippen LogP contribution in [0.4, 0.5) is 0 Å². The van der Waals surface area contributed by atoms with Gasteiger partial charge in [0.05, 0.1) is 0 Å². The molecule has 20 heavy (non-hydrogen) atoms. The number of aromatic nitrogens is 1. The fourth-order valence-electron chi connectivity index (χ4n) is 2.16. The summed E-state index contributed by atoms with van der Waals surface area (Å²) in [5.74, 6) is 0. The highest BCUT2D eigenvalue weighted by molar-refractivity contribution is 5.79. The van der Waals surface area contributed by atoms with Gasteiger partial charge in [0, 0.05) is 24.4 Å². The number of carbonyl (C=O) groups is 1. The van der Waals surface area contributed by atoms with E-state index < -0.39 is 0 Å². The highest BCUT2D eigenvalue weighted by Gasteiger charge is 2.03. The number of aldehydes is 1. The molecule has 2 nitrogen and oxygen atoms in total. The lowest BCUT2D eigenvalue weighted by atomic mass is 9.97. The zero-order valence-electron chi connectivity index (χ0n) is 11.5. The molecule has 0 aliphatic rings. The Labute approximate surface area is 120 Å². The minimum absolute atomic E-state index is 0.654. The molecular formula is C18H19NO. The van der Waals surface area contributed by atoms with Crippen molar-refractivity contribution in [2.45, 2.75) is 25.7 Å². The van der Waals surface area contributed by atoms with Crippen molar-refractivity contribution in [3.05, 3.63) is 72.1 Å². The molecule has 0 saturated carbocycles. The van der Waals surface area contributed by atoms with Gasteiger partial charge < -0.3 is 4.79 Å². The van der Waals surface area contributed by atoms with Crippen molar-refractivity contribution < 1.29 is 4.79 Å². The van der Waals surface area contributed by atoms with Crippen molar-refractivity contribution in [1.29, 1.82) is 0 Å². The number of hydrogen-bond acceptors (Lipinski definition) is 2. The molecule has 0 atom stereocenters. The second-order valence-electron chi connectivity index (χ2n) is 4.68. The van der Waals surface area contributed by atoms with Crippen molar-refractivity contribution in [3.8, 4) is 0 Å². The summed E-state index contributed by atoms with van der Waals surface area (Å²) in [6.45, 7) is 0. The van der Waals surface area contributed by atoms with E-state index >= 15 is 0 Å². The zero-order chi connectivity index (χ0) is 14.0. The van der Waals surface area contributed by atoms with E-state index in [0.29, 0.717) is 6.42 Å². The van der Waals surface area contributed by atoms with Crippen LogP contribution in [0.15, 0.2) is 60.9 Å². The molecular weight excluding hydrogens is 246 g/mol. The standard InChI is InChI=1S/C18H19NO/c20-14-7-2-1-6-12-18(16-9-4-3-5-10-16)17-11-8-13-19-15-17/h3-5,8-15H,1-2,6-7H2/b18-12+. The molecule has 0 saturated heterocycles. The molecule has 0 unspecified atom stereocenters. The van der Waals surface area contributed by atoms with Crippen molar-refractivity contribution in [2.75, 3.05) is 0 Å². The monoisotopic (exact) mass is 265 g/mol. The highest BCUT2D eigenvalue weighted by Crippen LogP contribution is 2.23. The molecule has 0 aliphatic carbocycles. The van der Waals surface area contributed by atoms with Gasteiger partial charge in [-0.15, -0.1) is 0 Å². The summed E-state index contributed by atoms with van der Waals surface area (Å²) in [5.41, 5.74) is 3.55. The van der Waals surface area contributed by atoms with Crippen LogP contribution in [0.25, 0.3) is 5.57 Å². The van der Waals surface area contributed by atoms with E-state index in [1.54, 1.807) is 6.20 Å². The van der Waals surface area contributed by atoms with Crippen LogP contribution in [0.2, 0.25) is 0 Å². The van der Waals surface area contributed by atoms with Gasteiger partial charge in [0.2, 0.25) is 0 Å². The van der Waals surface area contributed by atoms with Gasteiger partial charge in [0.25, 0.3) is 0 Å². The van der Waals surface area contributed by atoms with Crippen LogP contribution in [0, 0.1) is 0 Å². The average molecular weight is 265 g/mol. The Bertz CT molecular complexity index is 505. The second-order valence-corrected chi connectivity index (χ2v) is 4.68. The van der Waals surface area contributed by atoms with Gasteiger partial charge in [-0.1, -0.05) is 42.5 Å². The number of allylic oxidation sites excluding steroid dienone is 1. The largest absolute Gasteiger partial charge is 0.303 e. The van der Waals surface area contributed by atoms with E-state index in [2.05, 4.69) is 29.3 Å². The number of carbonyl (C=O) groups excluding carboxylic acids is 1. The lowest BCUT2D eigenvalue weighted by Crippen LogP contribution is -1.89. The maximum Gasteiger partial charge on any atom is 0.119 e. The van der Waals surface area contributed by atoms with Gasteiger partial charge in [-0.05, 0) is 36.5 Å². The molecule has 0 spiro atoms. The van der Waals surface area contributed by atoms with E-state index in [1.807, 2.05) is 30.5 Å². The molecule has 0 fully saturated rings. The molecule has 0 bridgehead atoms. The third-order valence-corrected chi connectivity index (χ3v) is 3.18. The molecule has 2 aromatic rings. The van der Waals surface area contributed by atoms with Gasteiger partial charge in [-0.2, -0.15) is 0 Å². The van der Waals surface area contributed by atoms with Crippen molar-refractivity contribution in [1.82, 2.24) is 4.98 Å². The minimum atomic E-state index is 0.654. The summed E-state index contributed by atoms with van der Waals surface area (Å²) < 4.78 is 0. The number of nitrogens with zero attached hydrogens (tertiary/aromatic N) is 1. The van der Waals surface area contributed by atoms with E-state index in [1.165, 1.54) is 11.1 Å².